The fourth-order valence-corrected chi connectivity index (χ4v) is 1.56. The number of carbonyl (C=O) groups excluding carboxylic acids is 1. The van der Waals surface area contributed by atoms with E-state index in [2.05, 4.69) is 22.6 Å². The normalized spacial score (nSPS) is 10.1. The summed E-state index contributed by atoms with van der Waals surface area (Å²) in [5, 5.41) is 10.4. The van der Waals surface area contributed by atoms with Crippen molar-refractivity contribution in [1.82, 2.24) is 0 Å². The average Bonchev–Trinajstić information content (AvgIpc) is 2.81. The molecule has 0 bridgehead atoms. The summed E-state index contributed by atoms with van der Waals surface area (Å²) in [5.41, 5.74) is 0. The zero-order chi connectivity index (χ0) is 13.1. The second-order valence-electron chi connectivity index (χ2n) is 3.24. The third-order valence-corrected chi connectivity index (χ3v) is 2.72. The van der Waals surface area contributed by atoms with Gasteiger partial charge in [0.05, 0.1) is 6.07 Å². The van der Waals surface area contributed by atoms with Gasteiger partial charge in [0.2, 0.25) is 5.76 Å². The first-order chi connectivity index (χ1) is 8.56. The number of hydrogen-bond acceptors (Lipinski definition) is 5. The van der Waals surface area contributed by atoms with E-state index in [1.54, 1.807) is 24.3 Å². The van der Waals surface area contributed by atoms with E-state index in [0.717, 1.165) is 9.64 Å². The van der Waals surface area contributed by atoms with E-state index in [-0.39, 0.29) is 5.76 Å². The maximum atomic E-state index is 11.6. The Morgan fingerprint density at radius 1 is 1.22 bits per heavy atom. The van der Waals surface area contributed by atoms with Crippen molar-refractivity contribution in [3.05, 3.63) is 55.8 Å². The molecule has 0 radical (unpaired) electrons. The van der Waals surface area contributed by atoms with Crippen LogP contribution in [-0.4, -0.2) is 10.9 Å². The van der Waals surface area contributed by atoms with Crippen LogP contribution in [0.25, 0.3) is 0 Å². The topological polar surface area (TPSA) is 82.6 Å². The van der Waals surface area contributed by atoms with E-state index >= 15 is 0 Å². The number of nitrogens with zero attached hydrogens (tertiary/aromatic N) is 1. The minimum atomic E-state index is -0.774. The molecule has 0 fully saturated rings. The molecule has 18 heavy (non-hydrogen) atoms. The molecule has 92 valence electrons. The van der Waals surface area contributed by atoms with Crippen molar-refractivity contribution < 1.29 is 18.9 Å². The van der Waals surface area contributed by atoms with E-state index in [4.69, 9.17) is 9.15 Å². The van der Waals surface area contributed by atoms with Crippen LogP contribution in [0.15, 0.2) is 40.8 Å². The first-order valence-electron chi connectivity index (χ1n) is 4.78. The molecule has 0 aliphatic rings. The van der Waals surface area contributed by atoms with E-state index in [9.17, 15) is 14.9 Å². The molecule has 0 aliphatic heterocycles. The fourth-order valence-electron chi connectivity index (χ4n) is 1.20. The molecule has 0 aliphatic carbocycles. The van der Waals surface area contributed by atoms with Crippen molar-refractivity contribution in [3.8, 4) is 5.75 Å². The molecule has 1 heterocycles. The van der Waals surface area contributed by atoms with Gasteiger partial charge in [-0.1, -0.05) is 0 Å². The van der Waals surface area contributed by atoms with Crippen LogP contribution < -0.4 is 4.74 Å². The predicted octanol–water partition coefficient (Wildman–Crippen LogP) is 3.01. The molecule has 0 saturated heterocycles. The number of halogens is 1. The quantitative estimate of drug-likeness (QED) is 0.277. The van der Waals surface area contributed by atoms with Gasteiger partial charge < -0.3 is 9.15 Å². The second kappa shape index (κ2) is 5.17. The van der Waals surface area contributed by atoms with Crippen LogP contribution in [0.1, 0.15) is 10.6 Å². The maximum absolute atomic E-state index is 11.6. The van der Waals surface area contributed by atoms with E-state index in [0.29, 0.717) is 5.75 Å². The molecule has 6 nitrogen and oxygen atoms in total. The lowest BCUT2D eigenvalue weighted by Crippen LogP contribution is -2.07. The van der Waals surface area contributed by atoms with Gasteiger partial charge in [-0.2, -0.15) is 0 Å². The summed E-state index contributed by atoms with van der Waals surface area (Å²) < 4.78 is 10.7. The Kier molecular flexibility index (Phi) is 3.60. The maximum Gasteiger partial charge on any atom is 0.433 e. The minimum Gasteiger partial charge on any atom is -0.421 e. The number of furan rings is 1. The van der Waals surface area contributed by atoms with Gasteiger partial charge in [-0.3, -0.25) is 10.1 Å². The van der Waals surface area contributed by atoms with Crippen LogP contribution in [0.4, 0.5) is 5.88 Å². The van der Waals surface area contributed by atoms with Crippen LogP contribution in [0, 0.1) is 13.7 Å². The Balaban J connectivity index is 2.11. The van der Waals surface area contributed by atoms with Crippen molar-refractivity contribution in [2.75, 3.05) is 0 Å². The molecule has 0 amide bonds. The van der Waals surface area contributed by atoms with Crippen LogP contribution in [-0.2, 0) is 0 Å². The van der Waals surface area contributed by atoms with Crippen molar-refractivity contribution in [3.63, 3.8) is 0 Å². The highest BCUT2D eigenvalue weighted by Gasteiger charge is 2.18. The first-order valence-corrected chi connectivity index (χ1v) is 5.86. The number of hydrogen-bond donors (Lipinski definition) is 0. The lowest BCUT2D eigenvalue weighted by Gasteiger charge is -2.01. The molecule has 7 heteroatoms. The molecule has 1 aromatic carbocycles. The fraction of sp³-hybridized carbons (Fsp3) is 0. The highest BCUT2D eigenvalue weighted by Crippen LogP contribution is 2.19. The van der Waals surface area contributed by atoms with Gasteiger partial charge in [0.25, 0.3) is 0 Å². The van der Waals surface area contributed by atoms with Crippen LogP contribution in [0.5, 0.6) is 5.75 Å². The highest BCUT2D eigenvalue weighted by molar-refractivity contribution is 14.1. The van der Waals surface area contributed by atoms with Crippen LogP contribution in [0.2, 0.25) is 0 Å². The number of rotatable bonds is 3. The molecule has 0 spiro atoms. The molecule has 2 rings (SSSR count). The lowest BCUT2D eigenvalue weighted by molar-refractivity contribution is -0.402. The standard InChI is InChI=1S/C11H6INO5/c12-7-1-3-8(4-2-7)17-11(14)9-5-6-10(18-9)13(15)16/h1-6H. The molecular formula is C11H6INO5. The van der Waals surface area contributed by atoms with Gasteiger partial charge in [0.1, 0.15) is 10.7 Å². The van der Waals surface area contributed by atoms with E-state index < -0.39 is 16.8 Å². The summed E-state index contributed by atoms with van der Waals surface area (Å²) in [6, 6.07) is 9.09. The molecule has 0 atom stereocenters. The van der Waals surface area contributed by atoms with Gasteiger partial charge in [-0.15, -0.1) is 0 Å². The summed E-state index contributed by atoms with van der Waals surface area (Å²) >= 11 is 2.12. The van der Waals surface area contributed by atoms with Crippen molar-refractivity contribution in [1.29, 1.82) is 0 Å². The van der Waals surface area contributed by atoms with Crippen molar-refractivity contribution >= 4 is 34.4 Å². The van der Waals surface area contributed by atoms with Gasteiger partial charge >= 0.3 is 11.9 Å². The zero-order valence-corrected chi connectivity index (χ0v) is 11.0. The molecule has 0 N–H and O–H groups in total. The lowest BCUT2D eigenvalue weighted by atomic mass is 10.3. The molecule has 0 unspecified atom stereocenters. The number of nitro groups is 1. The summed E-state index contributed by atoms with van der Waals surface area (Å²) in [6.45, 7) is 0. The van der Waals surface area contributed by atoms with Gasteiger partial charge in [-0.25, -0.2) is 4.79 Å². The third kappa shape index (κ3) is 2.86. The van der Waals surface area contributed by atoms with Crippen LogP contribution in [0.3, 0.4) is 0 Å². The minimum absolute atomic E-state index is 0.208. The molecule has 1 aromatic heterocycles. The predicted molar refractivity (Wildman–Crippen MR) is 69.5 cm³/mol. The Labute approximate surface area is 115 Å². The monoisotopic (exact) mass is 359 g/mol. The number of esters is 1. The Morgan fingerprint density at radius 3 is 2.44 bits per heavy atom. The number of ether oxygens (including phenoxy) is 1. The van der Waals surface area contributed by atoms with E-state index in [1.807, 2.05) is 0 Å². The molecular weight excluding hydrogens is 353 g/mol. The molecule has 0 saturated carbocycles. The SMILES string of the molecule is O=C(Oc1ccc(I)cc1)c1ccc([N+](=O)[O-])o1. The van der Waals surface area contributed by atoms with E-state index in [1.165, 1.54) is 6.07 Å². The highest BCUT2D eigenvalue weighted by atomic mass is 127. The first kappa shape index (κ1) is 12.6. The number of carbonyl (C=O) groups is 1. The molecule has 2 aromatic rings. The average molecular weight is 359 g/mol. The van der Waals surface area contributed by atoms with Crippen molar-refractivity contribution in [2.45, 2.75) is 0 Å². The Hall–Kier alpha value is -1.90. The summed E-state index contributed by atoms with van der Waals surface area (Å²) in [4.78, 5) is 21.3. The Bertz CT molecular complexity index is 590. The third-order valence-electron chi connectivity index (χ3n) is 2.00. The van der Waals surface area contributed by atoms with Gasteiger partial charge in [-0.05, 0) is 52.9 Å². The summed E-state index contributed by atoms with van der Waals surface area (Å²) in [6.07, 6.45) is 0. The Morgan fingerprint density at radius 2 is 1.89 bits per heavy atom. The second-order valence-corrected chi connectivity index (χ2v) is 4.48. The van der Waals surface area contributed by atoms with Gasteiger partial charge in [0.15, 0.2) is 0 Å². The largest absolute Gasteiger partial charge is 0.433 e. The number of benzene rings is 1. The van der Waals surface area contributed by atoms with Crippen LogP contribution >= 0.6 is 22.6 Å². The zero-order valence-electron chi connectivity index (χ0n) is 8.83. The smallest absolute Gasteiger partial charge is 0.421 e. The van der Waals surface area contributed by atoms with Crippen molar-refractivity contribution in [2.24, 2.45) is 0 Å². The summed E-state index contributed by atoms with van der Waals surface area (Å²) in [5.74, 6) is -1.13. The summed E-state index contributed by atoms with van der Waals surface area (Å²) in [7, 11) is 0. The van der Waals surface area contributed by atoms with Gasteiger partial charge in [0, 0.05) is 3.57 Å².